The molecule has 106 valence electrons. The van der Waals surface area contributed by atoms with Gasteiger partial charge in [0.25, 0.3) is 0 Å². The van der Waals surface area contributed by atoms with Gasteiger partial charge in [-0.2, -0.15) is 0 Å². The number of carbonyl (C=O) groups excluding carboxylic acids is 1. The predicted octanol–water partition coefficient (Wildman–Crippen LogP) is 0.643. The number of aromatic amines is 2. The van der Waals surface area contributed by atoms with Gasteiger partial charge < -0.3 is 20.6 Å². The summed E-state index contributed by atoms with van der Waals surface area (Å²) in [5.41, 5.74) is 2.30. The van der Waals surface area contributed by atoms with Gasteiger partial charge in [-0.15, -0.1) is 0 Å². The van der Waals surface area contributed by atoms with Crippen molar-refractivity contribution in [2.45, 2.75) is 19.4 Å². The van der Waals surface area contributed by atoms with Crippen LogP contribution in [0.25, 0.3) is 11.0 Å². The van der Waals surface area contributed by atoms with Crippen molar-refractivity contribution >= 4 is 16.9 Å². The number of benzene rings is 1. The predicted molar refractivity (Wildman–Crippen MR) is 76.5 cm³/mol. The maximum atomic E-state index is 12.1. The molecule has 2 atom stereocenters. The summed E-state index contributed by atoms with van der Waals surface area (Å²) < 4.78 is 0. The van der Waals surface area contributed by atoms with Gasteiger partial charge in [0, 0.05) is 6.54 Å². The van der Waals surface area contributed by atoms with Gasteiger partial charge in [-0.25, -0.2) is 4.79 Å². The molecule has 0 radical (unpaired) electrons. The smallest absolute Gasteiger partial charge is 0.323 e. The Bertz CT molecular complexity index is 682. The van der Waals surface area contributed by atoms with E-state index in [0.29, 0.717) is 0 Å². The molecule has 1 saturated heterocycles. The third-order valence-corrected chi connectivity index (χ3v) is 3.83. The van der Waals surface area contributed by atoms with E-state index in [9.17, 15) is 9.59 Å². The van der Waals surface area contributed by atoms with Crippen LogP contribution in [0, 0.1) is 5.92 Å². The van der Waals surface area contributed by atoms with E-state index in [0.717, 1.165) is 36.1 Å². The molecule has 4 N–H and O–H groups in total. The summed E-state index contributed by atoms with van der Waals surface area (Å²) in [6.45, 7) is 3.61. The van der Waals surface area contributed by atoms with Crippen LogP contribution in [0.1, 0.15) is 24.9 Å². The molecule has 20 heavy (non-hydrogen) atoms. The van der Waals surface area contributed by atoms with Crippen molar-refractivity contribution in [3.05, 3.63) is 34.2 Å². The lowest BCUT2D eigenvalue weighted by Gasteiger charge is -2.17. The van der Waals surface area contributed by atoms with Crippen LogP contribution < -0.4 is 16.3 Å². The minimum absolute atomic E-state index is 0.0632. The van der Waals surface area contributed by atoms with E-state index in [1.807, 2.05) is 25.1 Å². The molecule has 0 aliphatic carbocycles. The zero-order valence-electron chi connectivity index (χ0n) is 11.3. The number of aromatic nitrogens is 2. The first kappa shape index (κ1) is 12.9. The van der Waals surface area contributed by atoms with Crippen molar-refractivity contribution in [2.24, 2.45) is 5.92 Å². The van der Waals surface area contributed by atoms with Gasteiger partial charge >= 0.3 is 5.69 Å². The number of imidazole rings is 1. The number of H-pyrrole nitrogens is 2. The van der Waals surface area contributed by atoms with Crippen LogP contribution >= 0.6 is 0 Å². The molecule has 6 nitrogen and oxygen atoms in total. The molecule has 1 amide bonds. The highest BCUT2D eigenvalue weighted by molar-refractivity contribution is 5.80. The van der Waals surface area contributed by atoms with Crippen LogP contribution in [0.5, 0.6) is 0 Å². The van der Waals surface area contributed by atoms with E-state index in [2.05, 4.69) is 20.6 Å². The molecule has 2 unspecified atom stereocenters. The number of amides is 1. The molecule has 0 bridgehead atoms. The Morgan fingerprint density at radius 3 is 2.90 bits per heavy atom. The summed E-state index contributed by atoms with van der Waals surface area (Å²) >= 11 is 0. The molecular formula is C14H18N4O2. The van der Waals surface area contributed by atoms with Gasteiger partial charge in [0.2, 0.25) is 5.91 Å². The second kappa shape index (κ2) is 5.13. The molecule has 1 aliphatic heterocycles. The Kier molecular flexibility index (Phi) is 3.31. The second-order valence-electron chi connectivity index (χ2n) is 5.30. The van der Waals surface area contributed by atoms with E-state index >= 15 is 0 Å². The van der Waals surface area contributed by atoms with Crippen molar-refractivity contribution in [1.82, 2.24) is 20.6 Å². The summed E-state index contributed by atoms with van der Waals surface area (Å²) in [7, 11) is 0. The number of rotatable bonds is 3. The summed E-state index contributed by atoms with van der Waals surface area (Å²) in [5, 5.41) is 6.22. The third-order valence-electron chi connectivity index (χ3n) is 3.83. The summed E-state index contributed by atoms with van der Waals surface area (Å²) in [6, 6.07) is 5.59. The van der Waals surface area contributed by atoms with E-state index in [1.54, 1.807) is 0 Å². The highest BCUT2D eigenvalue weighted by atomic mass is 16.2. The van der Waals surface area contributed by atoms with E-state index in [1.165, 1.54) is 0 Å². The minimum Gasteiger partial charge on any atom is -0.349 e. The maximum Gasteiger partial charge on any atom is 0.323 e. The number of hydrogen-bond donors (Lipinski definition) is 4. The van der Waals surface area contributed by atoms with Crippen LogP contribution in [0.3, 0.4) is 0 Å². The van der Waals surface area contributed by atoms with Crippen LogP contribution in [-0.2, 0) is 4.79 Å². The molecule has 1 aromatic heterocycles. The average molecular weight is 274 g/mol. The summed E-state index contributed by atoms with van der Waals surface area (Å²) in [6.07, 6.45) is 0.892. The fourth-order valence-corrected chi connectivity index (χ4v) is 2.61. The summed E-state index contributed by atoms with van der Waals surface area (Å²) in [5.74, 6) is 0.151. The fourth-order valence-electron chi connectivity index (χ4n) is 2.61. The molecule has 6 heteroatoms. The minimum atomic E-state index is -0.217. The van der Waals surface area contributed by atoms with Crippen molar-refractivity contribution in [2.75, 3.05) is 13.1 Å². The van der Waals surface area contributed by atoms with Crippen LogP contribution in [-0.4, -0.2) is 29.0 Å². The number of fused-ring (bicyclic) bond motifs is 1. The zero-order valence-corrected chi connectivity index (χ0v) is 11.3. The quantitative estimate of drug-likeness (QED) is 0.662. The SMILES string of the molecule is CC(NC(=O)C1CCNC1)c1ccc2[nH]c(=O)[nH]c2c1. The van der Waals surface area contributed by atoms with Crippen molar-refractivity contribution in [3.63, 3.8) is 0 Å². The fraction of sp³-hybridized carbons (Fsp3) is 0.429. The Hall–Kier alpha value is -2.08. The van der Waals surface area contributed by atoms with Crippen molar-refractivity contribution < 1.29 is 4.79 Å². The Balaban J connectivity index is 1.75. The largest absolute Gasteiger partial charge is 0.349 e. The molecule has 3 rings (SSSR count). The monoisotopic (exact) mass is 274 g/mol. The lowest BCUT2D eigenvalue weighted by Crippen LogP contribution is -2.33. The zero-order chi connectivity index (χ0) is 14.1. The third kappa shape index (κ3) is 2.46. The molecular weight excluding hydrogens is 256 g/mol. The van der Waals surface area contributed by atoms with E-state index in [4.69, 9.17) is 0 Å². The van der Waals surface area contributed by atoms with Gasteiger partial charge in [-0.05, 0) is 37.6 Å². The average Bonchev–Trinajstić information content (AvgIpc) is 3.05. The first-order valence-electron chi connectivity index (χ1n) is 6.86. The van der Waals surface area contributed by atoms with Crippen LogP contribution in [0.2, 0.25) is 0 Å². The lowest BCUT2D eigenvalue weighted by atomic mass is 10.0. The number of nitrogens with one attached hydrogen (secondary N) is 4. The second-order valence-corrected chi connectivity index (χ2v) is 5.30. The Labute approximate surface area is 116 Å². The molecule has 2 heterocycles. The summed E-state index contributed by atoms with van der Waals surface area (Å²) in [4.78, 5) is 28.7. The van der Waals surface area contributed by atoms with Gasteiger partial charge in [0.1, 0.15) is 0 Å². The molecule has 0 spiro atoms. The van der Waals surface area contributed by atoms with Gasteiger partial charge in [0.15, 0.2) is 0 Å². The first-order valence-corrected chi connectivity index (χ1v) is 6.86. The molecule has 0 saturated carbocycles. The van der Waals surface area contributed by atoms with Gasteiger partial charge in [-0.3, -0.25) is 4.79 Å². The molecule has 1 aromatic carbocycles. The van der Waals surface area contributed by atoms with Crippen LogP contribution in [0.15, 0.2) is 23.0 Å². The van der Waals surface area contributed by atoms with Crippen molar-refractivity contribution in [1.29, 1.82) is 0 Å². The highest BCUT2D eigenvalue weighted by Gasteiger charge is 2.23. The topological polar surface area (TPSA) is 89.8 Å². The van der Waals surface area contributed by atoms with Crippen molar-refractivity contribution in [3.8, 4) is 0 Å². The van der Waals surface area contributed by atoms with E-state index < -0.39 is 0 Å². The highest BCUT2D eigenvalue weighted by Crippen LogP contribution is 2.18. The standard InChI is InChI=1S/C14H18N4O2/c1-8(16-13(19)10-4-5-15-7-10)9-2-3-11-12(6-9)18-14(20)17-11/h2-3,6,8,10,15H,4-5,7H2,1H3,(H,16,19)(H2,17,18,20). The lowest BCUT2D eigenvalue weighted by molar-refractivity contribution is -0.125. The van der Waals surface area contributed by atoms with Crippen LogP contribution in [0.4, 0.5) is 0 Å². The van der Waals surface area contributed by atoms with Gasteiger partial charge in [-0.1, -0.05) is 6.07 Å². The Morgan fingerprint density at radius 1 is 1.35 bits per heavy atom. The maximum absolute atomic E-state index is 12.1. The number of hydrogen-bond acceptors (Lipinski definition) is 3. The number of carbonyl (C=O) groups is 1. The molecule has 1 fully saturated rings. The first-order chi connectivity index (χ1) is 9.63. The normalized spacial score (nSPS) is 20.1. The Morgan fingerprint density at radius 2 is 2.15 bits per heavy atom. The molecule has 1 aliphatic rings. The molecule has 2 aromatic rings. The van der Waals surface area contributed by atoms with E-state index in [-0.39, 0.29) is 23.6 Å². The van der Waals surface area contributed by atoms with Gasteiger partial charge in [0.05, 0.1) is 23.0 Å².